The molecule has 0 bridgehead atoms. The van der Waals surface area contributed by atoms with Crippen LogP contribution in [-0.2, 0) is 6.18 Å². The van der Waals surface area contributed by atoms with Crippen LogP contribution < -0.4 is 15.4 Å². The first kappa shape index (κ1) is 18.0. The largest absolute Gasteiger partial charge is 0.491 e. The van der Waals surface area contributed by atoms with Gasteiger partial charge in [0.1, 0.15) is 5.75 Å². The summed E-state index contributed by atoms with van der Waals surface area (Å²) >= 11 is 0. The van der Waals surface area contributed by atoms with Gasteiger partial charge in [-0.25, -0.2) is 0 Å². The minimum absolute atomic E-state index is 0.125. The zero-order valence-corrected chi connectivity index (χ0v) is 13.7. The Labute approximate surface area is 139 Å². The molecule has 0 saturated heterocycles. The van der Waals surface area contributed by atoms with Crippen LogP contribution in [0.15, 0.2) is 48.5 Å². The van der Waals surface area contributed by atoms with Crippen molar-refractivity contribution < 1.29 is 17.9 Å². The van der Waals surface area contributed by atoms with E-state index in [1.807, 2.05) is 38.1 Å². The molecule has 2 rings (SSSR count). The van der Waals surface area contributed by atoms with Gasteiger partial charge in [-0.15, -0.1) is 0 Å². The number of benzene rings is 2. The van der Waals surface area contributed by atoms with Crippen molar-refractivity contribution in [2.45, 2.75) is 26.1 Å². The van der Waals surface area contributed by atoms with E-state index in [-0.39, 0.29) is 6.10 Å². The van der Waals surface area contributed by atoms with Crippen LogP contribution in [-0.4, -0.2) is 19.2 Å². The van der Waals surface area contributed by atoms with E-state index in [0.29, 0.717) is 18.8 Å². The Balaban J connectivity index is 1.79. The molecule has 0 spiro atoms. The Morgan fingerprint density at radius 1 is 0.917 bits per heavy atom. The molecule has 0 amide bonds. The van der Waals surface area contributed by atoms with E-state index >= 15 is 0 Å². The molecule has 0 heterocycles. The molecular formula is C18H21F3N2O. The lowest BCUT2D eigenvalue weighted by Gasteiger charge is -2.12. The monoisotopic (exact) mass is 338 g/mol. The maximum atomic E-state index is 12.6. The van der Waals surface area contributed by atoms with Crippen LogP contribution in [0.1, 0.15) is 19.4 Å². The number of hydrogen-bond acceptors (Lipinski definition) is 3. The van der Waals surface area contributed by atoms with Gasteiger partial charge in [0.15, 0.2) is 0 Å². The van der Waals surface area contributed by atoms with Crippen LogP contribution >= 0.6 is 0 Å². The van der Waals surface area contributed by atoms with Crippen molar-refractivity contribution in [3.05, 3.63) is 54.1 Å². The molecule has 24 heavy (non-hydrogen) atoms. The van der Waals surface area contributed by atoms with Crippen molar-refractivity contribution >= 4 is 11.4 Å². The maximum absolute atomic E-state index is 12.6. The molecule has 2 aromatic rings. The Kier molecular flexibility index (Phi) is 5.95. The van der Waals surface area contributed by atoms with Crippen LogP contribution in [0.25, 0.3) is 0 Å². The van der Waals surface area contributed by atoms with E-state index in [0.717, 1.165) is 23.6 Å². The minimum atomic E-state index is -4.32. The topological polar surface area (TPSA) is 33.3 Å². The Morgan fingerprint density at radius 2 is 1.54 bits per heavy atom. The van der Waals surface area contributed by atoms with Gasteiger partial charge < -0.3 is 15.4 Å². The van der Waals surface area contributed by atoms with Gasteiger partial charge >= 0.3 is 6.18 Å². The zero-order valence-electron chi connectivity index (χ0n) is 13.7. The van der Waals surface area contributed by atoms with E-state index in [1.165, 1.54) is 6.07 Å². The summed E-state index contributed by atoms with van der Waals surface area (Å²) in [6.45, 7) is 5.02. The number of alkyl halides is 3. The summed E-state index contributed by atoms with van der Waals surface area (Å²) < 4.78 is 43.5. The van der Waals surface area contributed by atoms with Crippen LogP contribution in [0.3, 0.4) is 0 Å². The Hall–Kier alpha value is -2.37. The third-order valence-corrected chi connectivity index (χ3v) is 3.20. The highest BCUT2D eigenvalue weighted by Gasteiger charge is 2.30. The van der Waals surface area contributed by atoms with Gasteiger partial charge in [0.25, 0.3) is 0 Å². The zero-order chi connectivity index (χ0) is 17.6. The normalized spacial score (nSPS) is 11.4. The first-order valence-corrected chi connectivity index (χ1v) is 7.76. The predicted molar refractivity (Wildman–Crippen MR) is 90.6 cm³/mol. The Bertz CT molecular complexity index is 639. The molecular weight excluding hydrogens is 317 g/mol. The lowest BCUT2D eigenvalue weighted by atomic mass is 10.2. The standard InChI is InChI=1S/C18H21F3N2O/c1-13(2)24-17-8-6-15(7-9-17)22-10-11-23-16-5-3-4-14(12-16)18(19,20)21/h3-9,12-13,22-23H,10-11H2,1-2H3. The summed E-state index contributed by atoms with van der Waals surface area (Å²) in [7, 11) is 0. The molecule has 0 aliphatic rings. The van der Waals surface area contributed by atoms with Gasteiger partial charge in [-0.2, -0.15) is 13.2 Å². The lowest BCUT2D eigenvalue weighted by Crippen LogP contribution is -2.14. The number of halogens is 3. The summed E-state index contributed by atoms with van der Waals surface area (Å²) in [4.78, 5) is 0. The van der Waals surface area contributed by atoms with Crippen LogP contribution in [0.4, 0.5) is 24.5 Å². The molecule has 2 aromatic carbocycles. The van der Waals surface area contributed by atoms with Crippen LogP contribution in [0.5, 0.6) is 5.75 Å². The quantitative estimate of drug-likeness (QED) is 0.696. The van der Waals surface area contributed by atoms with E-state index in [9.17, 15) is 13.2 Å². The molecule has 0 atom stereocenters. The number of nitrogens with one attached hydrogen (secondary N) is 2. The van der Waals surface area contributed by atoms with E-state index in [1.54, 1.807) is 6.07 Å². The van der Waals surface area contributed by atoms with Gasteiger partial charge in [0.2, 0.25) is 0 Å². The highest BCUT2D eigenvalue weighted by Crippen LogP contribution is 2.30. The fraction of sp³-hybridized carbons (Fsp3) is 0.333. The van der Waals surface area contributed by atoms with Gasteiger partial charge in [-0.3, -0.25) is 0 Å². The highest BCUT2D eigenvalue weighted by atomic mass is 19.4. The molecule has 0 fully saturated rings. The number of hydrogen-bond donors (Lipinski definition) is 2. The predicted octanol–water partition coefficient (Wildman–Crippen LogP) is 5.02. The van der Waals surface area contributed by atoms with E-state index in [4.69, 9.17) is 4.74 Å². The van der Waals surface area contributed by atoms with Crippen molar-refractivity contribution in [2.24, 2.45) is 0 Å². The summed E-state index contributed by atoms with van der Waals surface area (Å²) in [5.74, 6) is 0.803. The first-order valence-electron chi connectivity index (χ1n) is 7.76. The van der Waals surface area contributed by atoms with Crippen LogP contribution in [0.2, 0.25) is 0 Å². The van der Waals surface area contributed by atoms with Gasteiger partial charge in [-0.05, 0) is 56.3 Å². The molecule has 0 unspecified atom stereocenters. The number of rotatable bonds is 7. The maximum Gasteiger partial charge on any atom is 0.416 e. The average molecular weight is 338 g/mol. The number of anilines is 2. The first-order chi connectivity index (χ1) is 11.3. The third-order valence-electron chi connectivity index (χ3n) is 3.20. The van der Waals surface area contributed by atoms with Gasteiger partial charge in [0, 0.05) is 24.5 Å². The fourth-order valence-electron chi connectivity index (χ4n) is 2.14. The molecule has 2 N–H and O–H groups in total. The van der Waals surface area contributed by atoms with Crippen molar-refractivity contribution in [1.29, 1.82) is 0 Å². The third kappa shape index (κ3) is 5.68. The van der Waals surface area contributed by atoms with Crippen molar-refractivity contribution in [2.75, 3.05) is 23.7 Å². The summed E-state index contributed by atoms with van der Waals surface area (Å²) in [6.07, 6.45) is -4.20. The van der Waals surface area contributed by atoms with E-state index < -0.39 is 11.7 Å². The number of ether oxygens (including phenoxy) is 1. The highest BCUT2D eigenvalue weighted by molar-refractivity contribution is 5.48. The minimum Gasteiger partial charge on any atom is -0.491 e. The molecule has 6 heteroatoms. The van der Waals surface area contributed by atoms with Crippen molar-refractivity contribution in [3.8, 4) is 5.75 Å². The summed E-state index contributed by atoms with van der Waals surface area (Å²) in [5, 5.41) is 6.18. The second-order valence-electron chi connectivity index (χ2n) is 5.62. The molecule has 3 nitrogen and oxygen atoms in total. The lowest BCUT2D eigenvalue weighted by molar-refractivity contribution is -0.137. The summed E-state index contributed by atoms with van der Waals surface area (Å²) in [5.41, 5.74) is 0.727. The van der Waals surface area contributed by atoms with Crippen molar-refractivity contribution in [3.63, 3.8) is 0 Å². The Morgan fingerprint density at radius 3 is 2.12 bits per heavy atom. The molecule has 0 aromatic heterocycles. The van der Waals surface area contributed by atoms with Crippen LogP contribution in [0, 0.1) is 0 Å². The molecule has 0 aliphatic carbocycles. The smallest absolute Gasteiger partial charge is 0.416 e. The second kappa shape index (κ2) is 7.95. The molecule has 130 valence electrons. The van der Waals surface area contributed by atoms with E-state index in [2.05, 4.69) is 10.6 Å². The van der Waals surface area contributed by atoms with Crippen molar-refractivity contribution in [1.82, 2.24) is 0 Å². The summed E-state index contributed by atoms with van der Waals surface area (Å²) in [6, 6.07) is 12.7. The molecule has 0 saturated carbocycles. The molecule has 0 radical (unpaired) electrons. The second-order valence-corrected chi connectivity index (χ2v) is 5.62. The fourth-order valence-corrected chi connectivity index (χ4v) is 2.14. The molecule has 0 aliphatic heterocycles. The average Bonchev–Trinajstić information content (AvgIpc) is 2.52. The SMILES string of the molecule is CC(C)Oc1ccc(NCCNc2cccc(C(F)(F)F)c2)cc1. The van der Waals surface area contributed by atoms with Gasteiger partial charge in [0.05, 0.1) is 11.7 Å². The van der Waals surface area contributed by atoms with Gasteiger partial charge in [-0.1, -0.05) is 6.07 Å².